The normalized spacial score (nSPS) is 13.6. The fraction of sp³-hybridized carbons (Fsp3) is 0.333. The van der Waals surface area contributed by atoms with Gasteiger partial charge >= 0.3 is 89.5 Å². The number of halogens is 1. The van der Waals surface area contributed by atoms with Gasteiger partial charge in [-0.1, -0.05) is 12.2 Å². The molecule has 4 rings (SSSR count). The minimum atomic E-state index is -1.29. The van der Waals surface area contributed by atoms with Crippen LogP contribution in [0, 0.1) is 25.8 Å². The fourth-order valence-electron chi connectivity index (χ4n) is 3.55. The van der Waals surface area contributed by atoms with Crippen molar-refractivity contribution in [2.75, 3.05) is 31.1 Å². The van der Waals surface area contributed by atoms with E-state index < -0.39 is 17.2 Å². The molecule has 0 atom stereocenters. The molecule has 1 aliphatic carbocycles. The quantitative estimate of drug-likeness (QED) is 0.157. The predicted molar refractivity (Wildman–Crippen MR) is 121 cm³/mol. The summed E-state index contributed by atoms with van der Waals surface area (Å²) in [6, 6.07) is 3.00. The number of anilines is 1. The van der Waals surface area contributed by atoms with Gasteiger partial charge in [0.25, 0.3) is 0 Å². The third-order valence-corrected chi connectivity index (χ3v) is 5.70. The van der Waals surface area contributed by atoms with E-state index in [2.05, 4.69) is 32.6 Å². The average molecular weight is 613 g/mol. The van der Waals surface area contributed by atoms with Crippen LogP contribution in [0.5, 0.6) is 0 Å². The van der Waals surface area contributed by atoms with Crippen LogP contribution >= 0.6 is 24.8 Å². The van der Waals surface area contributed by atoms with Gasteiger partial charge in [0.2, 0.25) is 5.43 Å². The number of carboxylic acids is 1. The molecular weight excluding hydrogens is 595 g/mol. The molecule has 9 nitrogen and oxygen atoms in total. The summed E-state index contributed by atoms with van der Waals surface area (Å²) >= 11 is 9.26. The Morgan fingerprint density at radius 3 is 2.03 bits per heavy atom. The average Bonchev–Trinajstić information content (AvgIpc) is 3.68. The maximum Gasteiger partial charge on any atom is 1.00 e. The number of carbonyl (C=O) groups is 1. The summed E-state index contributed by atoms with van der Waals surface area (Å²) in [6.45, 7) is 16.0. The Balaban J connectivity index is 0. The molecule has 0 amide bonds. The molecule has 2 aliphatic rings. The fourth-order valence-corrected chi connectivity index (χ4v) is 3.93. The van der Waals surface area contributed by atoms with Crippen molar-refractivity contribution in [1.82, 2.24) is 9.47 Å². The maximum atomic E-state index is 14.8. The molecule has 1 radical (unpaired) electrons. The molecule has 1 aromatic heterocycles. The first-order valence-corrected chi connectivity index (χ1v) is 10.2. The van der Waals surface area contributed by atoms with E-state index in [1.807, 2.05) is 14.4 Å². The molecule has 2 aromatic rings. The van der Waals surface area contributed by atoms with Crippen LogP contribution < -0.4 is 39.9 Å². The van der Waals surface area contributed by atoms with Gasteiger partial charge in [-0.05, 0) is 25.0 Å². The molecule has 1 saturated heterocycles. The van der Waals surface area contributed by atoms with Crippen molar-refractivity contribution in [1.29, 1.82) is 0 Å². The Kier molecular flexibility index (Phi) is 17.7. The molecule has 1 aromatic carbocycles. The van der Waals surface area contributed by atoms with Crippen molar-refractivity contribution in [3.05, 3.63) is 59.9 Å². The predicted octanol–water partition coefficient (Wildman–Crippen LogP) is -0.601. The zero-order valence-electron chi connectivity index (χ0n) is 18.5. The topological polar surface area (TPSA) is 125 Å². The molecule has 0 unspecified atom stereocenters. The van der Waals surface area contributed by atoms with Gasteiger partial charge < -0.3 is 19.5 Å². The molecular formula is C21H18FN3NaO6S2Tc+5. The number of benzene rings is 1. The Bertz CT molecular complexity index is 1150. The van der Waals surface area contributed by atoms with E-state index in [0.29, 0.717) is 41.7 Å². The molecule has 175 valence electrons. The van der Waals surface area contributed by atoms with E-state index in [9.17, 15) is 19.1 Å². The number of aromatic carboxylic acids is 1. The molecule has 1 N–H and O–H groups in total. The third-order valence-electron chi connectivity index (χ3n) is 5.16. The van der Waals surface area contributed by atoms with Crippen LogP contribution in [-0.4, -0.2) is 51.0 Å². The van der Waals surface area contributed by atoms with Gasteiger partial charge in [-0.2, -0.15) is 0 Å². The number of thiol groups is 1. The standard InChI is InChI=1S/C18H18FN3O3S2.3CO.Na.Tc/c19-13-7-11-14(8-15(13)20-3-5-21(6-4-20)18(26)27)22(10-1-2-10)9-12(16(11)23)17(24)25;3*1-2;;/h7-10H,1-6H2,(H,24,25)(H,26,27);;;;;/q;;;;+1;+4/i;;;;;1+1. The zero-order chi connectivity index (χ0) is 25.3. The Morgan fingerprint density at radius 1 is 1.09 bits per heavy atom. The van der Waals surface area contributed by atoms with E-state index in [0.717, 1.165) is 12.8 Å². The summed E-state index contributed by atoms with van der Waals surface area (Å²) < 4.78 is 39.7. The number of thiocarbonyl (C=S) groups is 1. The van der Waals surface area contributed by atoms with Crippen LogP contribution in [0.2, 0.25) is 0 Å². The summed E-state index contributed by atoms with van der Waals surface area (Å²) in [5.41, 5.74) is 0.0303. The monoisotopic (exact) mass is 613 g/mol. The van der Waals surface area contributed by atoms with Gasteiger partial charge in [-0.3, -0.25) is 4.79 Å². The van der Waals surface area contributed by atoms with Crippen molar-refractivity contribution >= 4 is 51.7 Å². The van der Waals surface area contributed by atoms with Crippen molar-refractivity contribution in [2.24, 2.45) is 0 Å². The third kappa shape index (κ3) is 8.67. The minimum absolute atomic E-state index is 0. The minimum Gasteiger partial charge on any atom is 1.00 e. The van der Waals surface area contributed by atoms with E-state index in [1.165, 1.54) is 12.3 Å². The largest absolute Gasteiger partial charge is 1.00 e. The second-order valence-corrected chi connectivity index (χ2v) is 8.01. The number of hydrogen-bond donors (Lipinski definition) is 2. The van der Waals surface area contributed by atoms with E-state index in [-0.39, 0.29) is 66.7 Å². The maximum absolute atomic E-state index is 14.8. The molecule has 14 heteroatoms. The Hall–Kier alpha value is -1.26. The second-order valence-electron chi connectivity index (χ2n) is 6.89. The molecule has 1 saturated carbocycles. The number of aromatic nitrogens is 1. The van der Waals surface area contributed by atoms with Gasteiger partial charge in [0.05, 0.1) is 11.2 Å². The SMILES string of the molecule is O=C(O)c1cn(C2CC2)c2cc(N3CCN(C(=S)S)CC3)c(F)cc2c1=O.[99Tc+4].[C-]#[O+].[C-]#[O+].[C-]#[O+].[Na+]. The van der Waals surface area contributed by atoms with Crippen molar-refractivity contribution in [3.63, 3.8) is 0 Å². The van der Waals surface area contributed by atoms with Gasteiger partial charge in [-0.15, -0.1) is 12.6 Å². The van der Waals surface area contributed by atoms with Gasteiger partial charge in [0, 0.05) is 43.8 Å². The van der Waals surface area contributed by atoms with Gasteiger partial charge in [0.1, 0.15) is 15.7 Å². The van der Waals surface area contributed by atoms with Crippen LogP contribution in [0.15, 0.2) is 23.1 Å². The van der Waals surface area contributed by atoms with Crippen LogP contribution in [-0.2, 0) is 34.1 Å². The molecule has 2 heterocycles. The Labute approximate surface area is 247 Å². The van der Waals surface area contributed by atoms with Crippen LogP contribution in [0.1, 0.15) is 29.2 Å². The van der Waals surface area contributed by atoms with Crippen molar-refractivity contribution < 1.29 is 77.9 Å². The smallest absolute Gasteiger partial charge is 1.00 e. The molecule has 0 spiro atoms. The Morgan fingerprint density at radius 2 is 1.60 bits per heavy atom. The molecule has 1 aliphatic heterocycles. The number of nitrogens with zero attached hydrogens (tertiary/aromatic N) is 3. The first-order valence-electron chi connectivity index (χ1n) is 9.32. The van der Waals surface area contributed by atoms with Crippen LogP contribution in [0.4, 0.5) is 10.1 Å². The number of carboxylic acid groups (broad SMARTS) is 1. The number of hydrogen-bond acceptors (Lipinski definition) is 4. The summed E-state index contributed by atoms with van der Waals surface area (Å²) in [7, 11) is 0. The van der Waals surface area contributed by atoms with Crippen molar-refractivity contribution in [2.45, 2.75) is 18.9 Å². The van der Waals surface area contributed by atoms with E-state index >= 15 is 0 Å². The van der Waals surface area contributed by atoms with Crippen LogP contribution in [0.3, 0.4) is 0 Å². The first kappa shape index (κ1) is 35.9. The summed E-state index contributed by atoms with van der Waals surface area (Å²) in [5, 5.41) is 9.42. The summed E-state index contributed by atoms with van der Waals surface area (Å²) in [4.78, 5) is 27.8. The van der Waals surface area contributed by atoms with E-state index in [1.54, 1.807) is 6.07 Å². The molecule has 35 heavy (non-hydrogen) atoms. The van der Waals surface area contributed by atoms with E-state index in [4.69, 9.17) is 26.2 Å². The summed E-state index contributed by atoms with van der Waals surface area (Å²) in [5.74, 6) is -1.81. The number of fused-ring (bicyclic) bond motifs is 1. The second kappa shape index (κ2) is 17.2. The van der Waals surface area contributed by atoms with Gasteiger partial charge in [0.15, 0.2) is 0 Å². The number of pyridine rings is 1. The molecule has 2 fully saturated rings. The number of rotatable bonds is 3. The van der Waals surface area contributed by atoms with Crippen molar-refractivity contribution in [3.8, 4) is 0 Å². The zero-order valence-corrected chi connectivity index (χ0v) is 24.1. The number of piperazine rings is 1. The van der Waals surface area contributed by atoms with Crippen LogP contribution in [0.25, 0.3) is 10.9 Å². The first-order chi connectivity index (χ1) is 15.9. The molecule has 0 bridgehead atoms. The van der Waals surface area contributed by atoms with Gasteiger partial charge in [-0.25, -0.2) is 9.18 Å². The summed E-state index contributed by atoms with van der Waals surface area (Å²) in [6.07, 6.45) is 3.23.